The van der Waals surface area contributed by atoms with Gasteiger partial charge in [-0.15, -0.1) is 11.6 Å². The van der Waals surface area contributed by atoms with Crippen LogP contribution in [0.5, 0.6) is 0 Å². The van der Waals surface area contributed by atoms with Crippen LogP contribution in [-0.4, -0.2) is 10.7 Å². The summed E-state index contributed by atoms with van der Waals surface area (Å²) in [6.45, 7) is 0. The molecule has 0 radical (unpaired) electrons. The van der Waals surface area contributed by atoms with Crippen LogP contribution < -0.4 is 0 Å². The van der Waals surface area contributed by atoms with Crippen molar-refractivity contribution in [3.63, 3.8) is 0 Å². The van der Waals surface area contributed by atoms with Crippen LogP contribution in [0.25, 0.3) is 0 Å². The van der Waals surface area contributed by atoms with Crippen molar-refractivity contribution >= 4 is 27.5 Å². The van der Waals surface area contributed by atoms with Gasteiger partial charge in [0.1, 0.15) is 0 Å². The van der Waals surface area contributed by atoms with E-state index in [1.165, 1.54) is 6.42 Å². The predicted molar refractivity (Wildman–Crippen MR) is 31.5 cm³/mol. The molecule has 0 saturated heterocycles. The summed E-state index contributed by atoms with van der Waals surface area (Å²) < 4.78 is 0. The normalized spacial score (nSPS) is 43.0. The van der Waals surface area contributed by atoms with E-state index in [4.69, 9.17) is 11.6 Å². The zero-order chi connectivity index (χ0) is 4.57. The lowest BCUT2D eigenvalue weighted by Crippen LogP contribution is -1.75. The molecule has 36 valence electrons. The smallest absolute Gasteiger partial charge is 0.0262 e. The minimum atomic E-state index is 0.745. The van der Waals surface area contributed by atoms with Gasteiger partial charge in [-0.3, -0.25) is 0 Å². The molecule has 0 heterocycles. The van der Waals surface area contributed by atoms with Gasteiger partial charge >= 0.3 is 0 Å². The van der Waals surface area contributed by atoms with Crippen molar-refractivity contribution < 1.29 is 0 Å². The van der Waals surface area contributed by atoms with E-state index in [0.29, 0.717) is 0 Å². The third-order valence-corrected chi connectivity index (χ3v) is 2.55. The molecule has 2 unspecified atom stereocenters. The first-order valence-corrected chi connectivity index (χ1v) is 3.49. The van der Waals surface area contributed by atoms with Gasteiger partial charge in [-0.05, 0) is 12.3 Å². The number of hydrogen-bond acceptors (Lipinski definition) is 0. The molecule has 0 spiro atoms. The van der Waals surface area contributed by atoms with E-state index in [0.717, 1.165) is 16.6 Å². The molecule has 1 saturated carbocycles. The van der Waals surface area contributed by atoms with E-state index in [1.54, 1.807) is 0 Å². The van der Waals surface area contributed by atoms with E-state index in [1.807, 2.05) is 0 Å². The molecule has 0 aromatic rings. The fourth-order valence-electron chi connectivity index (χ4n) is 0.370. The Hall–Kier alpha value is 0.770. The Morgan fingerprint density at radius 3 is 2.33 bits per heavy atom. The first kappa shape index (κ1) is 4.92. The summed E-state index contributed by atoms with van der Waals surface area (Å²) in [6.07, 6.45) is 1.28. The van der Waals surface area contributed by atoms with Crippen LogP contribution >= 0.6 is 27.5 Å². The summed E-state index contributed by atoms with van der Waals surface area (Å²) in [5.41, 5.74) is 0. The number of alkyl halides is 2. The summed E-state index contributed by atoms with van der Waals surface area (Å²) in [7, 11) is 0. The average molecular weight is 170 g/mol. The first-order valence-electron chi connectivity index (χ1n) is 2.04. The minimum absolute atomic E-state index is 0.745. The second kappa shape index (κ2) is 1.71. The van der Waals surface area contributed by atoms with Crippen LogP contribution in [0.15, 0.2) is 0 Å². The van der Waals surface area contributed by atoms with Gasteiger partial charge in [0.2, 0.25) is 0 Å². The third kappa shape index (κ3) is 0.881. The van der Waals surface area contributed by atoms with Crippen molar-refractivity contribution in [1.82, 2.24) is 0 Å². The Balaban J connectivity index is 2.09. The number of halogens is 2. The highest BCUT2D eigenvalue weighted by Crippen LogP contribution is 2.38. The summed E-state index contributed by atoms with van der Waals surface area (Å²) in [6, 6.07) is 0. The topological polar surface area (TPSA) is 0 Å². The van der Waals surface area contributed by atoms with Gasteiger partial charge < -0.3 is 0 Å². The zero-order valence-electron chi connectivity index (χ0n) is 3.32. The summed E-state index contributed by atoms with van der Waals surface area (Å²) >= 11 is 8.89. The molecule has 6 heavy (non-hydrogen) atoms. The van der Waals surface area contributed by atoms with Crippen LogP contribution in [-0.2, 0) is 0 Å². The second-order valence-corrected chi connectivity index (χ2v) is 3.15. The lowest BCUT2D eigenvalue weighted by atomic mass is 10.6. The summed E-state index contributed by atoms with van der Waals surface area (Å²) in [5, 5.41) is 0. The fourth-order valence-corrected chi connectivity index (χ4v) is 1.59. The number of rotatable bonds is 1. The monoisotopic (exact) mass is 169 g/mol. The van der Waals surface area contributed by atoms with Crippen LogP contribution in [0.4, 0.5) is 0 Å². The maximum atomic E-state index is 5.46. The molecule has 1 aliphatic rings. The Bertz CT molecular complexity index is 53.5. The van der Waals surface area contributed by atoms with Crippen LogP contribution in [0.2, 0.25) is 0 Å². The molecule has 1 rings (SSSR count). The average Bonchev–Trinajstić information content (AvgIpc) is 2.19. The maximum absolute atomic E-state index is 5.46. The molecule has 1 fully saturated rings. The molecule has 1 aliphatic carbocycles. The van der Waals surface area contributed by atoms with E-state index in [2.05, 4.69) is 15.9 Å². The van der Waals surface area contributed by atoms with E-state index >= 15 is 0 Å². The van der Waals surface area contributed by atoms with Gasteiger partial charge in [0.05, 0.1) is 0 Å². The van der Waals surface area contributed by atoms with Crippen LogP contribution in [0, 0.1) is 5.92 Å². The maximum Gasteiger partial charge on any atom is 0.0262 e. The molecule has 0 bridgehead atoms. The van der Waals surface area contributed by atoms with Crippen molar-refractivity contribution in [3.8, 4) is 0 Å². The molecule has 2 atom stereocenters. The van der Waals surface area contributed by atoms with Gasteiger partial charge in [0.25, 0.3) is 0 Å². The summed E-state index contributed by atoms with van der Waals surface area (Å²) in [4.78, 5) is 0.745. The fraction of sp³-hybridized carbons (Fsp3) is 1.00. The lowest BCUT2D eigenvalue weighted by Gasteiger charge is -1.75. The summed E-state index contributed by atoms with van der Waals surface area (Å²) in [5.74, 6) is 1.61. The second-order valence-electron chi connectivity index (χ2n) is 1.67. The molecule has 2 heteroatoms. The Morgan fingerprint density at radius 1 is 1.83 bits per heavy atom. The van der Waals surface area contributed by atoms with Gasteiger partial charge in [-0.2, -0.15) is 0 Å². The number of hydrogen-bond donors (Lipinski definition) is 0. The molecule has 0 aromatic carbocycles. The highest BCUT2D eigenvalue weighted by Gasteiger charge is 2.32. The highest BCUT2D eigenvalue weighted by molar-refractivity contribution is 9.09. The van der Waals surface area contributed by atoms with E-state index in [9.17, 15) is 0 Å². The SMILES string of the molecule is ClCC1C[13CH]1Br. The van der Waals surface area contributed by atoms with Gasteiger partial charge in [0, 0.05) is 10.7 Å². The molecule has 0 aromatic heterocycles. The predicted octanol–water partition coefficient (Wildman–Crippen LogP) is 2.01. The third-order valence-electron chi connectivity index (χ3n) is 1.03. The van der Waals surface area contributed by atoms with E-state index < -0.39 is 0 Å². The largest absolute Gasteiger partial charge is 0.126 e. The van der Waals surface area contributed by atoms with Crippen molar-refractivity contribution in [2.45, 2.75) is 11.2 Å². The Kier molecular flexibility index (Phi) is 1.40. The van der Waals surface area contributed by atoms with Gasteiger partial charge in [-0.25, -0.2) is 0 Å². The standard InChI is InChI=1S/C4H6BrCl/c5-4-1-3(4)2-6/h3-4H,1-2H2/i4+1. The Morgan fingerprint density at radius 2 is 2.33 bits per heavy atom. The van der Waals surface area contributed by atoms with Crippen molar-refractivity contribution in [3.05, 3.63) is 0 Å². The van der Waals surface area contributed by atoms with Crippen LogP contribution in [0.1, 0.15) is 6.42 Å². The molecule has 0 aliphatic heterocycles. The molecule has 0 N–H and O–H groups in total. The molecule has 0 amide bonds. The quantitative estimate of drug-likeness (QED) is 0.417. The molecular formula is C4H6BrCl. The highest BCUT2D eigenvalue weighted by atomic mass is 79.9. The van der Waals surface area contributed by atoms with Crippen molar-refractivity contribution in [2.75, 3.05) is 5.88 Å². The van der Waals surface area contributed by atoms with Gasteiger partial charge in [-0.1, -0.05) is 15.9 Å². The molecular weight excluding hydrogens is 164 g/mol. The van der Waals surface area contributed by atoms with Gasteiger partial charge in [0.15, 0.2) is 0 Å². The molecule has 0 nitrogen and oxygen atoms in total. The van der Waals surface area contributed by atoms with E-state index in [-0.39, 0.29) is 0 Å². The first-order chi connectivity index (χ1) is 2.84. The van der Waals surface area contributed by atoms with Crippen molar-refractivity contribution in [1.29, 1.82) is 0 Å². The Labute approximate surface area is 51.0 Å². The van der Waals surface area contributed by atoms with Crippen molar-refractivity contribution in [2.24, 2.45) is 5.92 Å². The zero-order valence-corrected chi connectivity index (χ0v) is 5.67. The van der Waals surface area contributed by atoms with Crippen LogP contribution in [0.3, 0.4) is 0 Å². The minimum Gasteiger partial charge on any atom is -0.126 e. The lowest BCUT2D eigenvalue weighted by molar-refractivity contribution is 1.00.